The van der Waals surface area contributed by atoms with Crippen LogP contribution in [0.2, 0.25) is 0 Å². The maximum atomic E-state index is 13.3. The molecule has 0 aliphatic carbocycles. The van der Waals surface area contributed by atoms with E-state index in [9.17, 15) is 13.2 Å². The quantitative estimate of drug-likeness (QED) is 0.415. The van der Waals surface area contributed by atoms with Gasteiger partial charge in [0, 0.05) is 36.3 Å². The number of fused-ring (bicyclic) bond motifs is 4. The third-order valence-corrected chi connectivity index (χ3v) is 8.63. The zero-order valence-corrected chi connectivity index (χ0v) is 24.9. The van der Waals surface area contributed by atoms with Gasteiger partial charge >= 0.3 is 6.09 Å². The molecule has 1 aromatic heterocycles. The van der Waals surface area contributed by atoms with Crippen LogP contribution in [-0.2, 0) is 14.8 Å². The minimum atomic E-state index is -3.95. The summed E-state index contributed by atoms with van der Waals surface area (Å²) in [6.45, 7) is 11.1. The molecular weight excluding hydrogens is 542 g/mol. The van der Waals surface area contributed by atoms with E-state index in [-0.39, 0.29) is 34.8 Å². The summed E-state index contributed by atoms with van der Waals surface area (Å²) in [7, 11) is -3.95. The third-order valence-electron chi connectivity index (χ3n) is 7.31. The molecule has 10 nitrogen and oxygen atoms in total. The summed E-state index contributed by atoms with van der Waals surface area (Å²) in [6.07, 6.45) is 0.834. The predicted octanol–water partition coefficient (Wildman–Crippen LogP) is 5.38. The molecule has 0 spiro atoms. The summed E-state index contributed by atoms with van der Waals surface area (Å²) < 4.78 is 41.2. The summed E-state index contributed by atoms with van der Waals surface area (Å²) in [5.74, 6) is 0.338. The number of benzene rings is 2. The zero-order valence-electron chi connectivity index (χ0n) is 24.1. The Labute approximate surface area is 241 Å². The molecule has 11 heteroatoms. The Balaban J connectivity index is 1.49. The molecule has 2 aliphatic rings. The third kappa shape index (κ3) is 6.73. The van der Waals surface area contributed by atoms with E-state index < -0.39 is 15.6 Å². The molecule has 41 heavy (non-hydrogen) atoms. The molecule has 0 radical (unpaired) electrons. The second kappa shape index (κ2) is 11.2. The highest BCUT2D eigenvalue weighted by atomic mass is 32.2. The van der Waals surface area contributed by atoms with Gasteiger partial charge in [0.25, 0.3) is 10.0 Å². The molecule has 1 fully saturated rings. The molecule has 3 aromatic rings. The van der Waals surface area contributed by atoms with E-state index in [0.29, 0.717) is 31.0 Å². The van der Waals surface area contributed by atoms with Crippen LogP contribution in [0.25, 0.3) is 11.3 Å². The molecule has 1 amide bonds. The van der Waals surface area contributed by atoms with Crippen LogP contribution in [0.4, 0.5) is 16.4 Å². The molecule has 0 saturated carbocycles. The van der Waals surface area contributed by atoms with E-state index in [2.05, 4.69) is 20.0 Å². The van der Waals surface area contributed by atoms with Gasteiger partial charge in [-0.3, -0.25) is 0 Å². The van der Waals surface area contributed by atoms with E-state index in [1.54, 1.807) is 23.1 Å². The van der Waals surface area contributed by atoms with Crippen molar-refractivity contribution in [1.82, 2.24) is 14.9 Å². The second-order valence-corrected chi connectivity index (χ2v) is 13.3. The lowest BCUT2D eigenvalue weighted by atomic mass is 9.91. The van der Waals surface area contributed by atoms with Crippen LogP contribution >= 0.6 is 0 Å². The van der Waals surface area contributed by atoms with Crippen molar-refractivity contribution in [1.29, 1.82) is 0 Å². The first-order valence-electron chi connectivity index (χ1n) is 13.8. The highest BCUT2D eigenvalue weighted by molar-refractivity contribution is 7.92. The van der Waals surface area contributed by atoms with Crippen molar-refractivity contribution in [2.75, 3.05) is 29.7 Å². The predicted molar refractivity (Wildman–Crippen MR) is 158 cm³/mol. The fourth-order valence-corrected chi connectivity index (χ4v) is 6.28. The standard InChI is InChI=1S/C30H37N5O5S/c1-19-8-6-9-20(2)27(19)24-17-26-33-28(32-24)34-41(37,38)23-11-7-10-22(16-23)31-18-25(39-26)21-12-14-35(15-13-21)29(36)40-30(3,4)5/h6-11,16-17,21,25,31H,12-15,18H2,1-5H3,(H,32,33,34). The maximum Gasteiger partial charge on any atom is 0.410 e. The number of piperidine rings is 1. The number of ether oxygens (including phenoxy) is 2. The molecule has 1 unspecified atom stereocenters. The van der Waals surface area contributed by atoms with E-state index >= 15 is 0 Å². The first-order valence-corrected chi connectivity index (χ1v) is 15.3. The molecular formula is C30H37N5O5S. The Kier molecular flexibility index (Phi) is 7.83. The summed E-state index contributed by atoms with van der Waals surface area (Å²) >= 11 is 0. The number of carbonyl (C=O) groups is 1. The number of rotatable bonds is 2. The number of anilines is 2. The van der Waals surface area contributed by atoms with E-state index in [0.717, 1.165) is 29.5 Å². The number of aromatic nitrogens is 2. The number of carbonyl (C=O) groups excluding carboxylic acids is 1. The first kappa shape index (κ1) is 28.7. The number of hydrogen-bond acceptors (Lipinski definition) is 8. The van der Waals surface area contributed by atoms with Gasteiger partial charge in [0.1, 0.15) is 11.7 Å². The first-order chi connectivity index (χ1) is 19.4. The van der Waals surface area contributed by atoms with Gasteiger partial charge in [0.2, 0.25) is 11.8 Å². The number of sulfonamides is 1. The van der Waals surface area contributed by atoms with Crippen LogP contribution in [0, 0.1) is 19.8 Å². The van der Waals surface area contributed by atoms with Crippen molar-refractivity contribution in [3.05, 3.63) is 59.7 Å². The van der Waals surface area contributed by atoms with Gasteiger partial charge in [0.15, 0.2) is 0 Å². The van der Waals surface area contributed by atoms with Gasteiger partial charge < -0.3 is 19.7 Å². The second-order valence-electron chi connectivity index (χ2n) is 11.7. The SMILES string of the molecule is Cc1cccc(C)c1-c1cc2nc(n1)NS(=O)(=O)c1cccc(c1)NCC(C1CCN(C(=O)OC(C)(C)C)CC1)O2. The van der Waals surface area contributed by atoms with E-state index in [1.807, 2.05) is 58.9 Å². The minimum Gasteiger partial charge on any atom is -0.472 e. The maximum absolute atomic E-state index is 13.3. The lowest BCUT2D eigenvalue weighted by molar-refractivity contribution is 0.0114. The van der Waals surface area contributed by atoms with Crippen molar-refractivity contribution in [3.8, 4) is 17.1 Å². The normalized spacial score (nSPS) is 19.0. The fourth-order valence-electron chi connectivity index (χ4n) is 5.29. The average molecular weight is 580 g/mol. The number of hydrogen-bond donors (Lipinski definition) is 2. The lowest BCUT2D eigenvalue weighted by Crippen LogP contribution is -2.46. The van der Waals surface area contributed by atoms with Gasteiger partial charge in [-0.15, -0.1) is 0 Å². The molecule has 5 rings (SSSR count). The minimum absolute atomic E-state index is 0.0578. The van der Waals surface area contributed by atoms with Crippen LogP contribution in [-0.4, -0.2) is 60.7 Å². The Bertz CT molecular complexity index is 1520. The molecule has 3 heterocycles. The van der Waals surface area contributed by atoms with Gasteiger partial charge in [0.05, 0.1) is 17.1 Å². The summed E-state index contributed by atoms with van der Waals surface area (Å²) in [6, 6.07) is 14.4. The van der Waals surface area contributed by atoms with Gasteiger partial charge in [-0.1, -0.05) is 24.3 Å². The molecule has 2 aromatic carbocycles. The highest BCUT2D eigenvalue weighted by Crippen LogP contribution is 2.32. The Morgan fingerprint density at radius 3 is 2.39 bits per heavy atom. The van der Waals surface area contributed by atoms with Gasteiger partial charge in [-0.2, -0.15) is 4.98 Å². The zero-order chi connectivity index (χ0) is 29.4. The molecule has 2 N–H and O–H groups in total. The van der Waals surface area contributed by atoms with Crippen molar-refractivity contribution in [2.24, 2.45) is 5.92 Å². The highest BCUT2D eigenvalue weighted by Gasteiger charge is 2.33. The monoisotopic (exact) mass is 579 g/mol. The number of nitrogens with zero attached hydrogens (tertiary/aromatic N) is 3. The van der Waals surface area contributed by atoms with Gasteiger partial charge in [-0.05, 0) is 76.8 Å². The summed E-state index contributed by atoms with van der Waals surface area (Å²) in [4.78, 5) is 23.6. The van der Waals surface area contributed by atoms with E-state index in [4.69, 9.17) is 9.47 Å². The largest absolute Gasteiger partial charge is 0.472 e. The van der Waals surface area contributed by atoms with Crippen molar-refractivity contribution < 1.29 is 22.7 Å². The number of amides is 1. The smallest absolute Gasteiger partial charge is 0.410 e. The van der Waals surface area contributed by atoms with Gasteiger partial charge in [-0.25, -0.2) is 22.9 Å². The van der Waals surface area contributed by atoms with Crippen LogP contribution < -0.4 is 14.8 Å². The lowest BCUT2D eigenvalue weighted by Gasteiger charge is -2.36. The molecule has 218 valence electrons. The van der Waals surface area contributed by atoms with Crippen molar-refractivity contribution in [3.63, 3.8) is 0 Å². The average Bonchev–Trinajstić information content (AvgIpc) is 2.89. The Morgan fingerprint density at radius 2 is 1.71 bits per heavy atom. The van der Waals surface area contributed by atoms with Crippen LogP contribution in [0.3, 0.4) is 0 Å². The molecule has 2 aliphatic heterocycles. The van der Waals surface area contributed by atoms with Crippen molar-refractivity contribution in [2.45, 2.75) is 64.1 Å². The van der Waals surface area contributed by atoms with Crippen LogP contribution in [0.1, 0.15) is 44.7 Å². The fraction of sp³-hybridized carbons (Fsp3) is 0.433. The number of nitrogens with one attached hydrogen (secondary N) is 2. The van der Waals surface area contributed by atoms with Crippen molar-refractivity contribution >= 4 is 27.8 Å². The Morgan fingerprint density at radius 1 is 1.02 bits per heavy atom. The summed E-state index contributed by atoms with van der Waals surface area (Å²) in [5.41, 5.74) is 3.59. The van der Waals surface area contributed by atoms with Crippen LogP contribution in [0.15, 0.2) is 53.4 Å². The summed E-state index contributed by atoms with van der Waals surface area (Å²) in [5, 5.41) is 3.36. The number of aryl methyl sites for hydroxylation is 2. The van der Waals surface area contributed by atoms with E-state index in [1.165, 1.54) is 6.07 Å². The molecule has 1 atom stereocenters. The molecule has 1 saturated heterocycles. The Hall–Kier alpha value is -3.86. The topological polar surface area (TPSA) is 123 Å². The molecule has 4 bridgehead atoms. The number of likely N-dealkylation sites (tertiary alicyclic amines) is 1. The van der Waals surface area contributed by atoms with Crippen LogP contribution in [0.5, 0.6) is 5.88 Å².